The van der Waals surface area contributed by atoms with Crippen LogP contribution in [0.1, 0.15) is 0 Å². The molecule has 0 fully saturated rings. The molecule has 0 radical (unpaired) electrons. The maximum atomic E-state index is 6.48. The van der Waals surface area contributed by atoms with Crippen LogP contribution in [0.5, 0.6) is 0 Å². The summed E-state index contributed by atoms with van der Waals surface area (Å²) in [6.07, 6.45) is 0. The van der Waals surface area contributed by atoms with Crippen LogP contribution >= 0.6 is 0 Å². The molecule has 0 unspecified atom stereocenters. The Morgan fingerprint density at radius 1 is 0.311 bits per heavy atom. The zero-order valence-electron chi connectivity index (χ0n) is 24.4. The molecule has 0 saturated carbocycles. The SMILES string of the molecule is c1ccc2c(c1)ccc1cccc(-c3c4ccccc4c(-c4cc5c6ccccc6oc5c5ccccc45)c4ccccc34)c12. The summed E-state index contributed by atoms with van der Waals surface area (Å²) in [6.45, 7) is 0. The molecule has 0 aliphatic rings. The minimum absolute atomic E-state index is 0.919. The van der Waals surface area contributed by atoms with Gasteiger partial charge in [-0.05, 0) is 82.9 Å². The van der Waals surface area contributed by atoms with Crippen molar-refractivity contribution in [2.24, 2.45) is 0 Å². The van der Waals surface area contributed by atoms with E-state index in [2.05, 4.69) is 152 Å². The molecular weight excluding hydrogens is 544 g/mol. The molecule has 1 heterocycles. The van der Waals surface area contributed by atoms with E-state index in [1.807, 2.05) is 6.07 Å². The lowest BCUT2D eigenvalue weighted by Crippen LogP contribution is -1.93. The molecule has 10 rings (SSSR count). The average molecular weight is 571 g/mol. The predicted molar refractivity (Wildman–Crippen MR) is 192 cm³/mol. The maximum absolute atomic E-state index is 6.48. The molecule has 0 spiro atoms. The van der Waals surface area contributed by atoms with Crippen LogP contribution in [0.25, 0.3) is 98.1 Å². The van der Waals surface area contributed by atoms with Gasteiger partial charge >= 0.3 is 0 Å². The summed E-state index contributed by atoms with van der Waals surface area (Å²) >= 11 is 0. The quantitative estimate of drug-likeness (QED) is 0.149. The van der Waals surface area contributed by atoms with Gasteiger partial charge in [0, 0.05) is 16.2 Å². The van der Waals surface area contributed by atoms with Gasteiger partial charge in [-0.15, -0.1) is 0 Å². The molecule has 0 bridgehead atoms. The van der Waals surface area contributed by atoms with Crippen molar-refractivity contribution < 1.29 is 4.42 Å². The molecule has 0 aliphatic carbocycles. The number of para-hydroxylation sites is 1. The molecule has 1 aromatic heterocycles. The van der Waals surface area contributed by atoms with Crippen molar-refractivity contribution in [2.75, 3.05) is 0 Å². The Morgan fingerprint density at radius 2 is 0.822 bits per heavy atom. The van der Waals surface area contributed by atoms with Crippen LogP contribution < -0.4 is 0 Å². The standard InChI is InChI=1S/C44H26O/c1-2-14-29-27(12-1)24-25-28-13-11-22-37(41(28)29)42-32-17-4-6-19-34(32)43(35-20-7-5-18-33(35)42)38-26-39-31-16-9-10-23-40(31)45-44(39)36-21-8-3-15-30(36)38/h1-26H. The fourth-order valence-electron chi connectivity index (χ4n) is 7.73. The average Bonchev–Trinajstić information content (AvgIpc) is 3.49. The van der Waals surface area contributed by atoms with Crippen LogP contribution in [-0.2, 0) is 0 Å². The Hall–Kier alpha value is -5.92. The first-order valence-electron chi connectivity index (χ1n) is 15.5. The fourth-order valence-corrected chi connectivity index (χ4v) is 7.73. The van der Waals surface area contributed by atoms with E-state index in [1.165, 1.54) is 70.7 Å². The van der Waals surface area contributed by atoms with Gasteiger partial charge in [0.25, 0.3) is 0 Å². The number of furan rings is 1. The van der Waals surface area contributed by atoms with Gasteiger partial charge in [0.05, 0.1) is 0 Å². The van der Waals surface area contributed by atoms with Gasteiger partial charge < -0.3 is 4.42 Å². The van der Waals surface area contributed by atoms with Crippen LogP contribution in [0.4, 0.5) is 0 Å². The van der Waals surface area contributed by atoms with Gasteiger partial charge in [-0.2, -0.15) is 0 Å². The van der Waals surface area contributed by atoms with E-state index in [0.717, 1.165) is 27.3 Å². The van der Waals surface area contributed by atoms with E-state index in [0.29, 0.717) is 0 Å². The highest BCUT2D eigenvalue weighted by molar-refractivity contribution is 6.29. The third kappa shape index (κ3) is 3.44. The molecule has 45 heavy (non-hydrogen) atoms. The molecular formula is C44H26O. The summed E-state index contributed by atoms with van der Waals surface area (Å²) in [5.74, 6) is 0. The van der Waals surface area contributed by atoms with Crippen molar-refractivity contribution in [3.05, 3.63) is 158 Å². The molecule has 1 heteroatoms. The Balaban J connectivity index is 1.41. The van der Waals surface area contributed by atoms with E-state index >= 15 is 0 Å². The molecule has 0 atom stereocenters. The summed E-state index contributed by atoms with van der Waals surface area (Å²) in [6, 6.07) is 57.4. The number of benzene rings is 9. The van der Waals surface area contributed by atoms with Crippen molar-refractivity contribution in [1.82, 2.24) is 0 Å². The molecule has 208 valence electrons. The highest BCUT2D eigenvalue weighted by Crippen LogP contribution is 2.49. The van der Waals surface area contributed by atoms with Crippen molar-refractivity contribution >= 4 is 75.8 Å². The van der Waals surface area contributed by atoms with E-state index in [9.17, 15) is 0 Å². The van der Waals surface area contributed by atoms with Crippen LogP contribution in [-0.4, -0.2) is 0 Å². The second-order valence-electron chi connectivity index (χ2n) is 12.0. The lowest BCUT2D eigenvalue weighted by atomic mass is 9.83. The molecule has 0 amide bonds. The lowest BCUT2D eigenvalue weighted by Gasteiger charge is -2.20. The summed E-state index contributed by atoms with van der Waals surface area (Å²) < 4.78 is 6.48. The van der Waals surface area contributed by atoms with E-state index in [-0.39, 0.29) is 0 Å². The fraction of sp³-hybridized carbons (Fsp3) is 0. The van der Waals surface area contributed by atoms with Gasteiger partial charge in [0.15, 0.2) is 0 Å². The molecule has 9 aromatic carbocycles. The highest BCUT2D eigenvalue weighted by atomic mass is 16.3. The van der Waals surface area contributed by atoms with Crippen LogP contribution in [0.2, 0.25) is 0 Å². The summed E-state index contributed by atoms with van der Waals surface area (Å²) in [4.78, 5) is 0. The number of hydrogen-bond acceptors (Lipinski definition) is 1. The van der Waals surface area contributed by atoms with Gasteiger partial charge in [0.1, 0.15) is 11.2 Å². The van der Waals surface area contributed by atoms with Crippen molar-refractivity contribution in [1.29, 1.82) is 0 Å². The zero-order chi connectivity index (χ0) is 29.5. The van der Waals surface area contributed by atoms with E-state index in [1.54, 1.807) is 0 Å². The number of fused-ring (bicyclic) bond motifs is 10. The van der Waals surface area contributed by atoms with Crippen molar-refractivity contribution in [3.63, 3.8) is 0 Å². The first kappa shape index (κ1) is 24.5. The second kappa shape index (κ2) is 9.29. The van der Waals surface area contributed by atoms with Gasteiger partial charge in [-0.25, -0.2) is 0 Å². The van der Waals surface area contributed by atoms with Crippen LogP contribution in [0.3, 0.4) is 0 Å². The monoisotopic (exact) mass is 570 g/mol. The Morgan fingerprint density at radius 3 is 1.53 bits per heavy atom. The maximum Gasteiger partial charge on any atom is 0.143 e. The molecule has 0 saturated heterocycles. The van der Waals surface area contributed by atoms with Gasteiger partial charge in [-0.3, -0.25) is 0 Å². The van der Waals surface area contributed by atoms with Gasteiger partial charge in [-0.1, -0.05) is 146 Å². The minimum Gasteiger partial charge on any atom is -0.455 e. The largest absolute Gasteiger partial charge is 0.455 e. The summed E-state index contributed by atoms with van der Waals surface area (Å²) in [5.41, 5.74) is 6.91. The van der Waals surface area contributed by atoms with Crippen molar-refractivity contribution in [2.45, 2.75) is 0 Å². The van der Waals surface area contributed by atoms with E-state index in [4.69, 9.17) is 4.42 Å². The number of rotatable bonds is 2. The van der Waals surface area contributed by atoms with Crippen LogP contribution in [0.15, 0.2) is 162 Å². The van der Waals surface area contributed by atoms with Crippen LogP contribution in [0, 0.1) is 0 Å². The van der Waals surface area contributed by atoms with Gasteiger partial charge in [0.2, 0.25) is 0 Å². The normalized spacial score (nSPS) is 12.0. The first-order valence-corrected chi connectivity index (χ1v) is 15.5. The summed E-state index contributed by atoms with van der Waals surface area (Å²) in [7, 11) is 0. The first-order chi connectivity index (χ1) is 22.3. The third-order valence-corrected chi connectivity index (χ3v) is 9.62. The van der Waals surface area contributed by atoms with E-state index < -0.39 is 0 Å². The molecule has 0 N–H and O–H groups in total. The van der Waals surface area contributed by atoms with Crippen molar-refractivity contribution in [3.8, 4) is 22.3 Å². The Labute approximate surface area is 259 Å². The zero-order valence-corrected chi connectivity index (χ0v) is 24.4. The third-order valence-electron chi connectivity index (χ3n) is 9.62. The Kier molecular flexibility index (Phi) is 5.06. The topological polar surface area (TPSA) is 13.1 Å². The number of hydrogen-bond donors (Lipinski definition) is 0. The predicted octanol–water partition coefficient (Wildman–Crippen LogP) is 12.7. The summed E-state index contributed by atoms with van der Waals surface area (Å²) in [5, 5.41) is 14.7. The molecule has 10 aromatic rings. The second-order valence-corrected chi connectivity index (χ2v) is 12.0. The molecule has 0 aliphatic heterocycles. The smallest absolute Gasteiger partial charge is 0.143 e. The minimum atomic E-state index is 0.919. The molecule has 1 nitrogen and oxygen atoms in total. The lowest BCUT2D eigenvalue weighted by molar-refractivity contribution is 0.672. The highest BCUT2D eigenvalue weighted by Gasteiger charge is 2.21. The Bertz CT molecular complexity index is 2760.